The molecule has 1 saturated heterocycles. The summed E-state index contributed by atoms with van der Waals surface area (Å²) >= 11 is 0. The largest absolute Gasteiger partial charge is 0.340 e. The molecular formula is C18H21N3O2. The van der Waals surface area contributed by atoms with Crippen LogP contribution in [0.2, 0.25) is 0 Å². The summed E-state index contributed by atoms with van der Waals surface area (Å²) in [5, 5.41) is 4.02. The van der Waals surface area contributed by atoms with E-state index in [1.807, 2.05) is 4.90 Å². The molecule has 1 amide bonds. The Hall–Kier alpha value is -2.17. The molecule has 0 bridgehead atoms. The summed E-state index contributed by atoms with van der Waals surface area (Å²) in [6.45, 7) is 2.58. The van der Waals surface area contributed by atoms with Crippen molar-refractivity contribution in [2.75, 3.05) is 6.54 Å². The third-order valence-corrected chi connectivity index (χ3v) is 5.09. The van der Waals surface area contributed by atoms with Gasteiger partial charge in [-0.25, -0.2) is 0 Å². The molecule has 1 aromatic heterocycles. The Morgan fingerprint density at radius 3 is 3.04 bits per heavy atom. The molecule has 2 heterocycles. The number of rotatable bonds is 3. The van der Waals surface area contributed by atoms with Crippen LogP contribution in [-0.2, 0) is 11.2 Å². The molecule has 2 aliphatic rings. The molecule has 4 rings (SSSR count). The predicted molar refractivity (Wildman–Crippen MR) is 84.8 cm³/mol. The molecule has 1 aliphatic carbocycles. The fraction of sp³-hybridized carbons (Fsp3) is 0.500. The van der Waals surface area contributed by atoms with Gasteiger partial charge < -0.3 is 9.42 Å². The summed E-state index contributed by atoms with van der Waals surface area (Å²) in [4.78, 5) is 19.1. The van der Waals surface area contributed by atoms with Gasteiger partial charge in [-0.05, 0) is 42.7 Å². The first kappa shape index (κ1) is 14.4. The SMILES string of the molecule is Cc1nc([C@H]2CCCN2C(=O)C[C@H]2CCc3ccccc32)no1. The minimum absolute atomic E-state index is 0.0170. The van der Waals surface area contributed by atoms with Gasteiger partial charge in [-0.15, -0.1) is 0 Å². The fourth-order valence-electron chi connectivity index (χ4n) is 3.97. The Morgan fingerprint density at radius 2 is 2.22 bits per heavy atom. The predicted octanol–water partition coefficient (Wildman–Crippen LogP) is 3.16. The smallest absolute Gasteiger partial charge is 0.223 e. The number of hydrogen-bond acceptors (Lipinski definition) is 4. The number of fused-ring (bicyclic) bond motifs is 1. The van der Waals surface area contributed by atoms with Gasteiger partial charge in [0.05, 0.1) is 6.04 Å². The topological polar surface area (TPSA) is 59.2 Å². The van der Waals surface area contributed by atoms with Gasteiger partial charge in [-0.2, -0.15) is 4.98 Å². The van der Waals surface area contributed by atoms with E-state index in [0.717, 1.165) is 32.2 Å². The first-order valence-corrected chi connectivity index (χ1v) is 8.40. The average Bonchev–Trinajstić information content (AvgIpc) is 3.26. The maximum absolute atomic E-state index is 12.8. The van der Waals surface area contributed by atoms with Crippen molar-refractivity contribution < 1.29 is 9.32 Å². The average molecular weight is 311 g/mol. The van der Waals surface area contributed by atoms with E-state index in [1.165, 1.54) is 11.1 Å². The Kier molecular flexibility index (Phi) is 3.63. The van der Waals surface area contributed by atoms with E-state index in [1.54, 1.807) is 6.92 Å². The lowest BCUT2D eigenvalue weighted by Crippen LogP contribution is -2.31. The van der Waals surface area contributed by atoms with Crippen molar-refractivity contribution in [2.45, 2.75) is 51.0 Å². The van der Waals surface area contributed by atoms with Crippen LogP contribution in [0.4, 0.5) is 0 Å². The third kappa shape index (κ3) is 2.64. The van der Waals surface area contributed by atoms with Gasteiger partial charge in [-0.1, -0.05) is 29.4 Å². The van der Waals surface area contributed by atoms with Crippen molar-refractivity contribution in [1.29, 1.82) is 0 Å². The summed E-state index contributed by atoms with van der Waals surface area (Å²) in [6.07, 6.45) is 4.67. The van der Waals surface area contributed by atoms with Gasteiger partial charge in [-0.3, -0.25) is 4.79 Å². The van der Waals surface area contributed by atoms with Gasteiger partial charge >= 0.3 is 0 Å². The van der Waals surface area contributed by atoms with Gasteiger partial charge in [0, 0.05) is 19.9 Å². The molecule has 0 N–H and O–H groups in total. The number of likely N-dealkylation sites (tertiary alicyclic amines) is 1. The van der Waals surface area contributed by atoms with Crippen LogP contribution >= 0.6 is 0 Å². The van der Waals surface area contributed by atoms with Crippen LogP contribution in [0.3, 0.4) is 0 Å². The summed E-state index contributed by atoms with van der Waals surface area (Å²) in [7, 11) is 0. The molecule has 0 saturated carbocycles. The molecule has 23 heavy (non-hydrogen) atoms. The number of benzene rings is 1. The van der Waals surface area contributed by atoms with E-state index >= 15 is 0 Å². The number of nitrogens with zero attached hydrogens (tertiary/aromatic N) is 3. The van der Waals surface area contributed by atoms with Crippen LogP contribution in [0.5, 0.6) is 0 Å². The zero-order valence-electron chi connectivity index (χ0n) is 13.4. The van der Waals surface area contributed by atoms with E-state index in [9.17, 15) is 4.79 Å². The first-order chi connectivity index (χ1) is 11.2. The normalized spacial score (nSPS) is 23.3. The number of aromatic nitrogens is 2. The van der Waals surface area contributed by atoms with Crippen molar-refractivity contribution in [2.24, 2.45) is 0 Å². The van der Waals surface area contributed by atoms with Crippen molar-refractivity contribution >= 4 is 5.91 Å². The molecule has 120 valence electrons. The Balaban J connectivity index is 1.49. The van der Waals surface area contributed by atoms with Gasteiger partial charge in [0.2, 0.25) is 11.8 Å². The van der Waals surface area contributed by atoms with Crippen molar-refractivity contribution in [3.63, 3.8) is 0 Å². The van der Waals surface area contributed by atoms with Gasteiger partial charge in [0.15, 0.2) is 5.82 Å². The molecule has 5 heteroatoms. The van der Waals surface area contributed by atoms with Crippen molar-refractivity contribution in [1.82, 2.24) is 15.0 Å². The fourth-order valence-corrected chi connectivity index (χ4v) is 3.97. The molecular weight excluding hydrogens is 290 g/mol. The monoisotopic (exact) mass is 311 g/mol. The Morgan fingerprint density at radius 1 is 1.35 bits per heavy atom. The molecule has 1 aliphatic heterocycles. The van der Waals surface area contributed by atoms with E-state index in [2.05, 4.69) is 34.4 Å². The zero-order valence-corrected chi connectivity index (χ0v) is 13.4. The van der Waals surface area contributed by atoms with Crippen molar-refractivity contribution in [3.8, 4) is 0 Å². The second-order valence-corrected chi connectivity index (χ2v) is 6.56. The molecule has 0 spiro atoms. The highest BCUT2D eigenvalue weighted by molar-refractivity contribution is 5.78. The lowest BCUT2D eigenvalue weighted by Gasteiger charge is -2.24. The van der Waals surface area contributed by atoms with Gasteiger partial charge in [0.1, 0.15) is 0 Å². The number of hydrogen-bond donors (Lipinski definition) is 0. The molecule has 1 aromatic carbocycles. The van der Waals surface area contributed by atoms with Crippen LogP contribution in [-0.4, -0.2) is 27.5 Å². The van der Waals surface area contributed by atoms with E-state index in [4.69, 9.17) is 4.52 Å². The van der Waals surface area contributed by atoms with Crippen molar-refractivity contribution in [3.05, 3.63) is 47.1 Å². The van der Waals surface area contributed by atoms with Crippen LogP contribution in [0.1, 0.15) is 60.5 Å². The molecule has 2 atom stereocenters. The second-order valence-electron chi connectivity index (χ2n) is 6.56. The van der Waals surface area contributed by atoms with Crippen LogP contribution < -0.4 is 0 Å². The Bertz CT molecular complexity index is 725. The summed E-state index contributed by atoms with van der Waals surface area (Å²) < 4.78 is 5.09. The number of aryl methyl sites for hydroxylation is 2. The molecule has 2 aromatic rings. The Labute approximate surface area is 135 Å². The highest BCUT2D eigenvalue weighted by Crippen LogP contribution is 2.37. The minimum atomic E-state index is -0.0170. The maximum atomic E-state index is 12.8. The second kappa shape index (κ2) is 5.80. The van der Waals surface area contributed by atoms with Crippen LogP contribution in [0.15, 0.2) is 28.8 Å². The molecule has 0 unspecified atom stereocenters. The standard InChI is InChI=1S/C18H21N3O2/c1-12-19-18(20-23-12)16-7-4-10-21(16)17(22)11-14-9-8-13-5-2-3-6-15(13)14/h2-3,5-6,14,16H,4,7-11H2,1H3/t14-,16-/m1/s1. The zero-order chi connectivity index (χ0) is 15.8. The number of carbonyl (C=O) groups excluding carboxylic acids is 1. The lowest BCUT2D eigenvalue weighted by atomic mass is 9.97. The van der Waals surface area contributed by atoms with Crippen LogP contribution in [0, 0.1) is 6.92 Å². The van der Waals surface area contributed by atoms with Gasteiger partial charge in [0.25, 0.3) is 0 Å². The first-order valence-electron chi connectivity index (χ1n) is 8.40. The molecule has 5 nitrogen and oxygen atoms in total. The summed E-state index contributed by atoms with van der Waals surface area (Å²) in [5.41, 5.74) is 2.75. The van der Waals surface area contributed by atoms with E-state index in [0.29, 0.717) is 24.1 Å². The minimum Gasteiger partial charge on any atom is -0.340 e. The summed E-state index contributed by atoms with van der Waals surface area (Å²) in [6, 6.07) is 8.49. The highest BCUT2D eigenvalue weighted by Gasteiger charge is 2.35. The quantitative estimate of drug-likeness (QED) is 0.873. The maximum Gasteiger partial charge on any atom is 0.223 e. The highest BCUT2D eigenvalue weighted by atomic mass is 16.5. The molecule has 1 fully saturated rings. The van der Waals surface area contributed by atoms with Crippen LogP contribution in [0.25, 0.3) is 0 Å². The number of carbonyl (C=O) groups is 1. The van der Waals surface area contributed by atoms with E-state index in [-0.39, 0.29) is 11.9 Å². The lowest BCUT2D eigenvalue weighted by molar-refractivity contribution is -0.132. The van der Waals surface area contributed by atoms with E-state index < -0.39 is 0 Å². The number of amides is 1. The third-order valence-electron chi connectivity index (χ3n) is 5.09. The summed E-state index contributed by atoms with van der Waals surface area (Å²) in [5.74, 6) is 1.79. The molecule has 0 radical (unpaired) electrons.